The summed E-state index contributed by atoms with van der Waals surface area (Å²) in [5.74, 6) is 0. The number of fused-ring (bicyclic) bond motifs is 9. The van der Waals surface area contributed by atoms with Crippen molar-refractivity contribution < 1.29 is 4.42 Å². The molecule has 0 atom stereocenters. The van der Waals surface area contributed by atoms with E-state index in [4.69, 9.17) is 4.42 Å². The molecule has 0 N–H and O–H groups in total. The summed E-state index contributed by atoms with van der Waals surface area (Å²) in [6.45, 7) is 4.70. The molecule has 9 aromatic carbocycles. The Morgan fingerprint density at radius 2 is 1.00 bits per heavy atom. The highest BCUT2D eigenvalue weighted by Crippen LogP contribution is 2.51. The van der Waals surface area contributed by atoms with Crippen molar-refractivity contribution in [2.75, 3.05) is 4.90 Å². The van der Waals surface area contributed by atoms with Crippen molar-refractivity contribution in [3.8, 4) is 39.1 Å². The lowest BCUT2D eigenvalue weighted by molar-refractivity contribution is 0.660. The lowest BCUT2D eigenvalue weighted by atomic mass is 9.82. The van der Waals surface area contributed by atoms with Crippen LogP contribution in [0.1, 0.15) is 25.0 Å². The monoisotopic (exact) mass is 768 g/mol. The number of para-hydroxylation sites is 4. The molecule has 11 aromatic rings. The first kappa shape index (κ1) is 34.4. The summed E-state index contributed by atoms with van der Waals surface area (Å²) < 4.78 is 8.81. The van der Waals surface area contributed by atoms with Crippen LogP contribution in [0.5, 0.6) is 0 Å². The molecule has 3 heteroatoms. The number of hydrogen-bond acceptors (Lipinski definition) is 2. The molecule has 1 aliphatic rings. The summed E-state index contributed by atoms with van der Waals surface area (Å²) in [6, 6.07) is 74.8. The van der Waals surface area contributed by atoms with Gasteiger partial charge in [0.05, 0.1) is 11.0 Å². The zero-order valence-electron chi connectivity index (χ0n) is 33.4. The van der Waals surface area contributed by atoms with Crippen molar-refractivity contribution in [3.63, 3.8) is 0 Å². The number of nitrogens with zero attached hydrogens (tertiary/aromatic N) is 2. The molecule has 0 aliphatic heterocycles. The van der Waals surface area contributed by atoms with Crippen LogP contribution in [-0.4, -0.2) is 4.57 Å². The molecule has 0 bridgehead atoms. The van der Waals surface area contributed by atoms with E-state index in [-0.39, 0.29) is 5.41 Å². The van der Waals surface area contributed by atoms with Crippen LogP contribution >= 0.6 is 0 Å². The van der Waals surface area contributed by atoms with Crippen LogP contribution in [0.25, 0.3) is 82.8 Å². The van der Waals surface area contributed by atoms with Crippen LogP contribution in [-0.2, 0) is 5.41 Å². The summed E-state index contributed by atoms with van der Waals surface area (Å²) in [4.78, 5) is 2.39. The molecule has 12 rings (SSSR count). The Morgan fingerprint density at radius 1 is 0.400 bits per heavy atom. The Labute approximate surface area is 349 Å². The number of furan rings is 1. The highest BCUT2D eigenvalue weighted by atomic mass is 16.3. The van der Waals surface area contributed by atoms with Crippen LogP contribution in [0.3, 0.4) is 0 Å². The quantitative estimate of drug-likeness (QED) is 0.168. The number of anilines is 3. The van der Waals surface area contributed by atoms with Crippen molar-refractivity contribution in [3.05, 3.63) is 217 Å². The van der Waals surface area contributed by atoms with Crippen LogP contribution in [0.2, 0.25) is 0 Å². The maximum Gasteiger partial charge on any atom is 0.143 e. The third-order valence-corrected chi connectivity index (χ3v) is 12.8. The maximum absolute atomic E-state index is 6.45. The van der Waals surface area contributed by atoms with Gasteiger partial charge in [-0.2, -0.15) is 0 Å². The zero-order chi connectivity index (χ0) is 40.0. The van der Waals surface area contributed by atoms with Crippen molar-refractivity contribution >= 4 is 60.8 Å². The van der Waals surface area contributed by atoms with Gasteiger partial charge in [0.15, 0.2) is 0 Å². The number of aromatic nitrogens is 1. The van der Waals surface area contributed by atoms with Crippen molar-refractivity contribution in [2.24, 2.45) is 0 Å². The summed E-state index contributed by atoms with van der Waals surface area (Å²) in [7, 11) is 0. The molecule has 0 amide bonds. The highest BCUT2D eigenvalue weighted by Gasteiger charge is 2.35. The van der Waals surface area contributed by atoms with Gasteiger partial charge < -0.3 is 13.9 Å². The molecule has 0 saturated carbocycles. The van der Waals surface area contributed by atoms with E-state index in [1.165, 1.54) is 60.9 Å². The summed E-state index contributed by atoms with van der Waals surface area (Å²) in [5.41, 5.74) is 18.6. The molecule has 0 fully saturated rings. The fraction of sp³-hybridized carbons (Fsp3) is 0.0526. The SMILES string of the molecule is CC1(C)c2ccccc2-c2ccc(N(c3ccc(-c4ccc5c(c4)c4ccccc4n5-c4ccccc4)cc3)c3ccc(-c4cccc5c4oc4ccccc45)cc3)cc21. The van der Waals surface area contributed by atoms with E-state index in [2.05, 4.69) is 217 Å². The average Bonchev–Trinajstić information content (AvgIpc) is 3.92. The fourth-order valence-corrected chi connectivity index (χ4v) is 9.85. The molecule has 284 valence electrons. The largest absolute Gasteiger partial charge is 0.455 e. The Kier molecular flexibility index (Phi) is 7.58. The van der Waals surface area contributed by atoms with Gasteiger partial charge in [-0.25, -0.2) is 0 Å². The van der Waals surface area contributed by atoms with E-state index >= 15 is 0 Å². The molecular formula is C57H40N2O. The number of benzene rings is 9. The van der Waals surface area contributed by atoms with E-state index < -0.39 is 0 Å². The standard InChI is InChI=1S/C57H40N2O/c1-57(2)51-20-9-6-15-45(51)46-33-32-43(36-52(46)57)58(42-30-25-38(26-31-42)44-18-12-19-49-48-17-8-11-22-55(48)60-56(44)49)41-28-23-37(24-29-41)39-27-34-54-50(35-39)47-16-7-10-21-53(47)59(54)40-13-4-3-5-14-40/h3-36H,1-2H3. The van der Waals surface area contributed by atoms with E-state index in [0.717, 1.165) is 50.1 Å². The maximum atomic E-state index is 6.45. The molecule has 0 spiro atoms. The second-order valence-electron chi connectivity index (χ2n) is 16.5. The normalized spacial score (nSPS) is 13.0. The van der Waals surface area contributed by atoms with Crippen molar-refractivity contribution in [1.82, 2.24) is 4.57 Å². The van der Waals surface area contributed by atoms with E-state index in [0.29, 0.717) is 0 Å². The lowest BCUT2D eigenvalue weighted by Crippen LogP contribution is -2.16. The fourth-order valence-electron chi connectivity index (χ4n) is 9.85. The highest BCUT2D eigenvalue weighted by molar-refractivity contribution is 6.11. The molecule has 1 aliphatic carbocycles. The summed E-state index contributed by atoms with van der Waals surface area (Å²) in [6.07, 6.45) is 0. The van der Waals surface area contributed by atoms with Crippen LogP contribution in [0.4, 0.5) is 17.1 Å². The first-order valence-electron chi connectivity index (χ1n) is 20.8. The van der Waals surface area contributed by atoms with Gasteiger partial charge in [0.1, 0.15) is 11.2 Å². The van der Waals surface area contributed by atoms with Gasteiger partial charge in [-0.05, 0) is 112 Å². The van der Waals surface area contributed by atoms with Crippen molar-refractivity contribution in [2.45, 2.75) is 19.3 Å². The summed E-state index contributed by atoms with van der Waals surface area (Å²) >= 11 is 0. The Morgan fingerprint density at radius 3 is 1.82 bits per heavy atom. The Hall–Kier alpha value is -7.62. The number of rotatable bonds is 6. The lowest BCUT2D eigenvalue weighted by Gasteiger charge is -2.28. The minimum Gasteiger partial charge on any atom is -0.455 e. The minimum atomic E-state index is -0.116. The first-order valence-corrected chi connectivity index (χ1v) is 20.8. The van der Waals surface area contributed by atoms with Crippen LogP contribution in [0, 0.1) is 0 Å². The smallest absolute Gasteiger partial charge is 0.143 e. The molecule has 60 heavy (non-hydrogen) atoms. The van der Waals surface area contributed by atoms with E-state index in [9.17, 15) is 0 Å². The molecule has 3 nitrogen and oxygen atoms in total. The van der Waals surface area contributed by atoms with Gasteiger partial charge in [0, 0.05) is 55.3 Å². The van der Waals surface area contributed by atoms with Gasteiger partial charge in [-0.3, -0.25) is 0 Å². The molecule has 0 unspecified atom stereocenters. The van der Waals surface area contributed by atoms with Gasteiger partial charge in [0.25, 0.3) is 0 Å². The van der Waals surface area contributed by atoms with E-state index in [1.807, 2.05) is 12.1 Å². The van der Waals surface area contributed by atoms with Crippen LogP contribution < -0.4 is 4.90 Å². The predicted octanol–water partition coefficient (Wildman–Crippen LogP) is 15.8. The Bertz CT molecular complexity index is 3440. The topological polar surface area (TPSA) is 21.3 Å². The zero-order valence-corrected chi connectivity index (χ0v) is 33.4. The third kappa shape index (κ3) is 5.22. The summed E-state index contributed by atoms with van der Waals surface area (Å²) in [5, 5.41) is 4.78. The molecule has 2 heterocycles. The van der Waals surface area contributed by atoms with Gasteiger partial charge in [0.2, 0.25) is 0 Å². The molecule has 0 saturated heterocycles. The Balaban J connectivity index is 0.964. The number of hydrogen-bond donors (Lipinski definition) is 0. The van der Waals surface area contributed by atoms with Gasteiger partial charge in [-0.1, -0.05) is 147 Å². The van der Waals surface area contributed by atoms with Crippen molar-refractivity contribution in [1.29, 1.82) is 0 Å². The first-order chi connectivity index (χ1) is 29.5. The van der Waals surface area contributed by atoms with E-state index in [1.54, 1.807) is 0 Å². The average molecular weight is 769 g/mol. The molecular weight excluding hydrogens is 729 g/mol. The molecule has 2 aromatic heterocycles. The van der Waals surface area contributed by atoms with Gasteiger partial charge >= 0.3 is 0 Å². The van der Waals surface area contributed by atoms with Gasteiger partial charge in [-0.15, -0.1) is 0 Å². The molecule has 0 radical (unpaired) electrons. The second kappa shape index (κ2) is 13.2. The van der Waals surface area contributed by atoms with Crippen LogP contribution in [0.15, 0.2) is 211 Å². The minimum absolute atomic E-state index is 0.116. The predicted molar refractivity (Wildman–Crippen MR) is 251 cm³/mol. The second-order valence-corrected chi connectivity index (χ2v) is 16.5. The third-order valence-electron chi connectivity index (χ3n) is 12.8.